The molecule has 1 fully saturated rings. The summed E-state index contributed by atoms with van der Waals surface area (Å²) in [4.78, 5) is 3.35. The maximum absolute atomic E-state index is 12.6. The van der Waals surface area contributed by atoms with Crippen LogP contribution in [0.4, 0.5) is 13.2 Å². The van der Waals surface area contributed by atoms with Gasteiger partial charge in [0.25, 0.3) is 0 Å². The zero-order chi connectivity index (χ0) is 12.3. The van der Waals surface area contributed by atoms with Crippen LogP contribution in [0.15, 0.2) is 18.3 Å². The monoisotopic (exact) mass is 282 g/mol. The predicted octanol–water partition coefficient (Wildman–Crippen LogP) is 2.65. The molecular formula is C11H14ClF3N2O. The average molecular weight is 283 g/mol. The fraction of sp³-hybridized carbons (Fsp3) is 0.545. The van der Waals surface area contributed by atoms with Crippen LogP contribution >= 0.6 is 12.4 Å². The van der Waals surface area contributed by atoms with E-state index in [2.05, 4.69) is 10.3 Å². The fourth-order valence-corrected chi connectivity index (χ4v) is 1.79. The van der Waals surface area contributed by atoms with Crippen molar-refractivity contribution in [1.82, 2.24) is 10.3 Å². The Hall–Kier alpha value is -1.01. The lowest BCUT2D eigenvalue weighted by Crippen LogP contribution is -2.34. The summed E-state index contributed by atoms with van der Waals surface area (Å²) in [5.41, 5.74) is -0.946. The van der Waals surface area contributed by atoms with Crippen LogP contribution in [-0.2, 0) is 6.18 Å². The zero-order valence-corrected chi connectivity index (χ0v) is 10.4. The van der Waals surface area contributed by atoms with Gasteiger partial charge in [0.1, 0.15) is 6.10 Å². The Labute approximate surface area is 109 Å². The van der Waals surface area contributed by atoms with Crippen LogP contribution in [0, 0.1) is 0 Å². The molecule has 0 aliphatic carbocycles. The summed E-state index contributed by atoms with van der Waals surface area (Å²) in [7, 11) is 0. The Morgan fingerprint density at radius 2 is 1.94 bits per heavy atom. The third-order valence-electron chi connectivity index (χ3n) is 2.62. The molecule has 1 aromatic rings. The van der Waals surface area contributed by atoms with E-state index in [-0.39, 0.29) is 24.3 Å². The third-order valence-corrected chi connectivity index (χ3v) is 2.62. The highest BCUT2D eigenvalue weighted by Gasteiger charge is 2.36. The largest absolute Gasteiger partial charge is 0.488 e. The molecule has 1 saturated heterocycles. The minimum absolute atomic E-state index is 0. The topological polar surface area (TPSA) is 34.1 Å². The van der Waals surface area contributed by atoms with Gasteiger partial charge in [-0.15, -0.1) is 12.4 Å². The number of nitrogens with one attached hydrogen (secondary N) is 1. The fourth-order valence-electron chi connectivity index (χ4n) is 1.79. The Morgan fingerprint density at radius 1 is 1.28 bits per heavy atom. The summed E-state index contributed by atoms with van der Waals surface area (Å²) in [5.74, 6) is -0.174. The number of halogens is 4. The molecule has 1 aliphatic rings. The van der Waals surface area contributed by atoms with E-state index in [1.807, 2.05) is 0 Å². The van der Waals surface area contributed by atoms with E-state index in [9.17, 15) is 13.2 Å². The van der Waals surface area contributed by atoms with E-state index < -0.39 is 11.9 Å². The standard InChI is InChI=1S/C11H13F3N2O.ClH/c12-11(13,14)10-9(2-1-5-16-10)17-8-3-6-15-7-4-8;/h1-2,5,8,15H,3-4,6-7H2;1H. The van der Waals surface area contributed by atoms with Gasteiger partial charge in [-0.2, -0.15) is 13.2 Å². The summed E-state index contributed by atoms with van der Waals surface area (Å²) in [5, 5.41) is 3.13. The SMILES string of the molecule is Cl.FC(F)(F)c1ncccc1OC1CCNCC1. The molecule has 0 radical (unpaired) electrons. The Kier molecular flexibility index (Phi) is 5.22. The number of ether oxygens (including phenoxy) is 1. The van der Waals surface area contributed by atoms with Crippen molar-refractivity contribution in [1.29, 1.82) is 0 Å². The second kappa shape index (κ2) is 6.24. The quantitative estimate of drug-likeness (QED) is 0.905. The average Bonchev–Trinajstić information content (AvgIpc) is 2.30. The second-order valence-corrected chi connectivity index (χ2v) is 3.92. The Bertz CT molecular complexity index is 381. The van der Waals surface area contributed by atoms with E-state index in [0.717, 1.165) is 19.3 Å². The number of hydrogen-bond donors (Lipinski definition) is 1. The van der Waals surface area contributed by atoms with Crippen LogP contribution in [-0.4, -0.2) is 24.2 Å². The number of pyridine rings is 1. The molecule has 0 amide bonds. The van der Waals surface area contributed by atoms with Crippen molar-refractivity contribution in [2.75, 3.05) is 13.1 Å². The molecule has 1 N–H and O–H groups in total. The molecule has 0 unspecified atom stereocenters. The van der Waals surface area contributed by atoms with Crippen molar-refractivity contribution in [2.24, 2.45) is 0 Å². The second-order valence-electron chi connectivity index (χ2n) is 3.92. The first-order valence-corrected chi connectivity index (χ1v) is 5.47. The summed E-state index contributed by atoms with van der Waals surface area (Å²) in [6, 6.07) is 2.77. The van der Waals surface area contributed by atoms with Gasteiger partial charge < -0.3 is 10.1 Å². The van der Waals surface area contributed by atoms with Crippen LogP contribution in [0.25, 0.3) is 0 Å². The molecule has 0 aromatic carbocycles. The van der Waals surface area contributed by atoms with Gasteiger partial charge in [0.05, 0.1) is 0 Å². The minimum atomic E-state index is -4.47. The number of hydrogen-bond acceptors (Lipinski definition) is 3. The molecule has 7 heteroatoms. The lowest BCUT2D eigenvalue weighted by Gasteiger charge is -2.24. The molecule has 0 spiro atoms. The molecule has 3 nitrogen and oxygen atoms in total. The molecule has 2 heterocycles. The number of aromatic nitrogens is 1. The van der Waals surface area contributed by atoms with Crippen molar-refractivity contribution in [3.05, 3.63) is 24.0 Å². The number of piperidine rings is 1. The molecule has 102 valence electrons. The van der Waals surface area contributed by atoms with Gasteiger partial charge in [-0.25, -0.2) is 4.98 Å². The highest BCUT2D eigenvalue weighted by molar-refractivity contribution is 5.85. The molecule has 1 aliphatic heterocycles. The van der Waals surface area contributed by atoms with Crippen molar-refractivity contribution >= 4 is 12.4 Å². The minimum Gasteiger partial charge on any atom is -0.488 e. The van der Waals surface area contributed by atoms with E-state index in [0.29, 0.717) is 12.8 Å². The molecule has 0 bridgehead atoms. The number of nitrogens with zero attached hydrogens (tertiary/aromatic N) is 1. The molecule has 0 atom stereocenters. The molecule has 2 rings (SSSR count). The number of alkyl halides is 3. The normalized spacial score (nSPS) is 17.1. The zero-order valence-electron chi connectivity index (χ0n) is 9.54. The van der Waals surface area contributed by atoms with Gasteiger partial charge >= 0.3 is 6.18 Å². The summed E-state index contributed by atoms with van der Waals surface area (Å²) in [6.07, 6.45) is -2.08. The summed E-state index contributed by atoms with van der Waals surface area (Å²) < 4.78 is 43.3. The van der Waals surface area contributed by atoms with Crippen molar-refractivity contribution in [3.63, 3.8) is 0 Å². The first-order valence-electron chi connectivity index (χ1n) is 5.47. The predicted molar refractivity (Wildman–Crippen MR) is 63.0 cm³/mol. The maximum atomic E-state index is 12.6. The third kappa shape index (κ3) is 3.74. The highest BCUT2D eigenvalue weighted by Crippen LogP contribution is 2.34. The maximum Gasteiger partial charge on any atom is 0.437 e. The first-order chi connectivity index (χ1) is 8.07. The van der Waals surface area contributed by atoms with Crippen LogP contribution in [0.1, 0.15) is 18.5 Å². The summed E-state index contributed by atoms with van der Waals surface area (Å²) >= 11 is 0. The molecule has 0 saturated carbocycles. The van der Waals surface area contributed by atoms with Gasteiger partial charge in [0, 0.05) is 6.20 Å². The lowest BCUT2D eigenvalue weighted by atomic mass is 10.1. The number of rotatable bonds is 2. The molecule has 1 aromatic heterocycles. The molecular weight excluding hydrogens is 269 g/mol. The Morgan fingerprint density at radius 3 is 2.56 bits per heavy atom. The van der Waals surface area contributed by atoms with Crippen LogP contribution in [0.5, 0.6) is 5.75 Å². The van der Waals surface area contributed by atoms with Gasteiger partial charge in [-0.05, 0) is 38.1 Å². The van der Waals surface area contributed by atoms with Gasteiger partial charge in [0.2, 0.25) is 0 Å². The van der Waals surface area contributed by atoms with Gasteiger partial charge in [0.15, 0.2) is 11.4 Å². The van der Waals surface area contributed by atoms with E-state index in [1.165, 1.54) is 12.1 Å². The van der Waals surface area contributed by atoms with Crippen molar-refractivity contribution in [2.45, 2.75) is 25.1 Å². The van der Waals surface area contributed by atoms with E-state index in [4.69, 9.17) is 4.74 Å². The van der Waals surface area contributed by atoms with Crippen LogP contribution in [0.3, 0.4) is 0 Å². The van der Waals surface area contributed by atoms with Crippen molar-refractivity contribution < 1.29 is 17.9 Å². The molecule has 18 heavy (non-hydrogen) atoms. The van der Waals surface area contributed by atoms with Crippen molar-refractivity contribution in [3.8, 4) is 5.75 Å². The summed E-state index contributed by atoms with van der Waals surface area (Å²) in [6.45, 7) is 1.54. The smallest absolute Gasteiger partial charge is 0.437 e. The Balaban J connectivity index is 0.00000162. The van der Waals surface area contributed by atoms with E-state index >= 15 is 0 Å². The van der Waals surface area contributed by atoms with E-state index in [1.54, 1.807) is 0 Å². The van der Waals surface area contributed by atoms with Gasteiger partial charge in [-0.3, -0.25) is 0 Å². The van der Waals surface area contributed by atoms with Crippen LogP contribution < -0.4 is 10.1 Å². The first kappa shape index (κ1) is 15.0. The highest BCUT2D eigenvalue weighted by atomic mass is 35.5. The van der Waals surface area contributed by atoms with Crippen LogP contribution in [0.2, 0.25) is 0 Å². The lowest BCUT2D eigenvalue weighted by molar-refractivity contribution is -0.143. The van der Waals surface area contributed by atoms with Gasteiger partial charge in [-0.1, -0.05) is 0 Å².